The number of anilines is 1. The average molecular weight is 472 g/mol. The summed E-state index contributed by atoms with van der Waals surface area (Å²) in [6.45, 7) is 2.12. The van der Waals surface area contributed by atoms with E-state index in [9.17, 15) is 8.42 Å². The predicted molar refractivity (Wildman–Crippen MR) is 110 cm³/mol. The number of rotatable bonds is 3. The highest BCUT2D eigenvalue weighted by atomic mass is 79.9. The molecule has 8 heteroatoms. The first-order valence-electron chi connectivity index (χ1n) is 8.84. The normalized spacial score (nSPS) is 19.1. The van der Waals surface area contributed by atoms with Crippen molar-refractivity contribution in [2.24, 2.45) is 0 Å². The fraction of sp³-hybridized carbons (Fsp3) is 0.368. The summed E-state index contributed by atoms with van der Waals surface area (Å²) < 4.78 is 34.1. The largest absolute Gasteiger partial charge is 0.356 e. The second kappa shape index (κ2) is 7.72. The van der Waals surface area contributed by atoms with Crippen LogP contribution < -0.4 is 4.90 Å². The lowest BCUT2D eigenvalue weighted by atomic mass is 10.0. The molecule has 0 spiro atoms. The number of benzene rings is 2. The SMILES string of the molecule is O=S(=O)(c1cccc(Cl)c1)N1CCC(N2COCc3cc(Br)ccc32)CC1. The number of ether oxygens (including phenoxy) is 1. The molecule has 0 aliphatic carbocycles. The number of piperidine rings is 1. The molecular formula is C19H20BrClN2O3S. The molecular weight excluding hydrogens is 452 g/mol. The van der Waals surface area contributed by atoms with Crippen molar-refractivity contribution in [1.29, 1.82) is 0 Å². The summed E-state index contributed by atoms with van der Waals surface area (Å²) in [5.74, 6) is 0. The Balaban J connectivity index is 1.49. The minimum atomic E-state index is -3.51. The van der Waals surface area contributed by atoms with Gasteiger partial charge in [-0.25, -0.2) is 8.42 Å². The van der Waals surface area contributed by atoms with Crippen molar-refractivity contribution in [2.75, 3.05) is 24.7 Å². The third-order valence-electron chi connectivity index (χ3n) is 5.14. The van der Waals surface area contributed by atoms with Gasteiger partial charge in [0.1, 0.15) is 6.73 Å². The van der Waals surface area contributed by atoms with Gasteiger partial charge in [-0.1, -0.05) is 33.6 Å². The molecule has 144 valence electrons. The summed E-state index contributed by atoms with van der Waals surface area (Å²) in [5.41, 5.74) is 2.34. The number of sulfonamides is 1. The van der Waals surface area contributed by atoms with E-state index in [2.05, 4.69) is 33.0 Å². The molecule has 0 aromatic heterocycles. The van der Waals surface area contributed by atoms with E-state index in [-0.39, 0.29) is 10.9 Å². The standard InChI is InChI=1S/C19H20BrClN2O3S/c20-15-4-5-19-14(10-15)12-26-13-23(19)17-6-8-22(9-7-17)27(24,25)18-3-1-2-16(21)11-18/h1-5,10-11,17H,6-9,12-13H2. The third kappa shape index (κ3) is 3.89. The van der Waals surface area contributed by atoms with Crippen LogP contribution in [-0.4, -0.2) is 38.6 Å². The molecule has 2 aliphatic heterocycles. The van der Waals surface area contributed by atoms with Crippen molar-refractivity contribution in [3.63, 3.8) is 0 Å². The zero-order chi connectivity index (χ0) is 19.0. The van der Waals surface area contributed by atoms with E-state index < -0.39 is 10.0 Å². The van der Waals surface area contributed by atoms with E-state index in [0.29, 0.717) is 31.4 Å². The van der Waals surface area contributed by atoms with E-state index in [1.807, 2.05) is 6.07 Å². The Labute approximate surface area is 173 Å². The maximum Gasteiger partial charge on any atom is 0.243 e. The van der Waals surface area contributed by atoms with Gasteiger partial charge in [0.15, 0.2) is 0 Å². The Kier molecular flexibility index (Phi) is 5.49. The number of halogens is 2. The molecule has 0 atom stereocenters. The first-order chi connectivity index (χ1) is 12.9. The molecule has 5 nitrogen and oxygen atoms in total. The smallest absolute Gasteiger partial charge is 0.243 e. The lowest BCUT2D eigenvalue weighted by molar-refractivity contribution is 0.0987. The van der Waals surface area contributed by atoms with Crippen LogP contribution in [0.3, 0.4) is 0 Å². The lowest BCUT2D eigenvalue weighted by Gasteiger charge is -2.41. The molecule has 0 N–H and O–H groups in total. The summed E-state index contributed by atoms with van der Waals surface area (Å²) in [5, 5.41) is 0.430. The summed E-state index contributed by atoms with van der Waals surface area (Å²) in [6, 6.07) is 12.9. The first-order valence-corrected chi connectivity index (χ1v) is 11.4. The lowest BCUT2D eigenvalue weighted by Crippen LogP contribution is -2.48. The molecule has 2 aliphatic rings. The van der Waals surface area contributed by atoms with Crippen molar-refractivity contribution in [1.82, 2.24) is 4.31 Å². The molecule has 1 fully saturated rings. The van der Waals surface area contributed by atoms with Gasteiger partial charge in [-0.05, 0) is 49.2 Å². The number of hydrogen-bond donors (Lipinski definition) is 0. The van der Waals surface area contributed by atoms with Crippen molar-refractivity contribution < 1.29 is 13.2 Å². The molecule has 2 aromatic rings. The van der Waals surface area contributed by atoms with Gasteiger partial charge in [0.25, 0.3) is 0 Å². The Morgan fingerprint density at radius 2 is 1.89 bits per heavy atom. The number of hydrogen-bond acceptors (Lipinski definition) is 4. The monoisotopic (exact) mass is 470 g/mol. The highest BCUT2D eigenvalue weighted by Gasteiger charge is 2.33. The molecule has 0 radical (unpaired) electrons. The fourth-order valence-electron chi connectivity index (χ4n) is 3.75. The van der Waals surface area contributed by atoms with Crippen molar-refractivity contribution in [3.05, 3.63) is 57.5 Å². The topological polar surface area (TPSA) is 49.9 Å². The number of nitrogens with zero attached hydrogens (tertiary/aromatic N) is 2. The van der Waals surface area contributed by atoms with E-state index in [1.165, 1.54) is 11.8 Å². The summed E-state index contributed by atoms with van der Waals surface area (Å²) in [4.78, 5) is 2.51. The number of fused-ring (bicyclic) bond motifs is 1. The van der Waals surface area contributed by atoms with E-state index in [0.717, 1.165) is 22.9 Å². The zero-order valence-corrected chi connectivity index (χ0v) is 17.8. The highest BCUT2D eigenvalue weighted by Crippen LogP contribution is 2.33. The van der Waals surface area contributed by atoms with Crippen LogP contribution in [0.15, 0.2) is 51.8 Å². The van der Waals surface area contributed by atoms with Crippen LogP contribution in [0.25, 0.3) is 0 Å². The van der Waals surface area contributed by atoms with Crippen LogP contribution >= 0.6 is 27.5 Å². The fourth-order valence-corrected chi connectivity index (χ4v) is 5.93. The summed E-state index contributed by atoms with van der Waals surface area (Å²) >= 11 is 9.47. The van der Waals surface area contributed by atoms with E-state index in [1.54, 1.807) is 22.5 Å². The van der Waals surface area contributed by atoms with E-state index in [4.69, 9.17) is 16.3 Å². The van der Waals surface area contributed by atoms with Gasteiger partial charge in [0.2, 0.25) is 10.0 Å². The van der Waals surface area contributed by atoms with Gasteiger partial charge in [-0.2, -0.15) is 4.31 Å². The predicted octanol–water partition coefficient (Wildman–Crippen LogP) is 4.25. The summed E-state index contributed by atoms with van der Waals surface area (Å²) in [7, 11) is -3.51. The van der Waals surface area contributed by atoms with Crippen LogP contribution in [0, 0.1) is 0 Å². The van der Waals surface area contributed by atoms with Crippen molar-refractivity contribution in [3.8, 4) is 0 Å². The Morgan fingerprint density at radius 3 is 2.63 bits per heavy atom. The minimum Gasteiger partial charge on any atom is -0.356 e. The molecule has 27 heavy (non-hydrogen) atoms. The van der Waals surface area contributed by atoms with Gasteiger partial charge in [0, 0.05) is 39.9 Å². The third-order valence-corrected chi connectivity index (χ3v) is 7.76. The van der Waals surface area contributed by atoms with Gasteiger partial charge in [-0.3, -0.25) is 0 Å². The molecule has 2 heterocycles. The molecule has 0 bridgehead atoms. The molecule has 0 unspecified atom stereocenters. The quantitative estimate of drug-likeness (QED) is 0.671. The minimum absolute atomic E-state index is 0.255. The Morgan fingerprint density at radius 1 is 1.11 bits per heavy atom. The second-order valence-corrected chi connectivity index (χ2v) is 10.1. The molecule has 1 saturated heterocycles. The molecule has 0 saturated carbocycles. The van der Waals surface area contributed by atoms with Gasteiger partial charge in [-0.15, -0.1) is 0 Å². The van der Waals surface area contributed by atoms with Gasteiger partial charge < -0.3 is 9.64 Å². The van der Waals surface area contributed by atoms with Crippen LogP contribution in [-0.2, 0) is 21.4 Å². The second-order valence-electron chi connectivity index (χ2n) is 6.81. The van der Waals surface area contributed by atoms with Crippen LogP contribution in [0.5, 0.6) is 0 Å². The molecule has 0 amide bonds. The highest BCUT2D eigenvalue weighted by molar-refractivity contribution is 9.10. The molecule has 4 rings (SSSR count). The average Bonchev–Trinajstić information content (AvgIpc) is 2.67. The van der Waals surface area contributed by atoms with Gasteiger partial charge >= 0.3 is 0 Å². The Hall–Kier alpha value is -1.12. The van der Waals surface area contributed by atoms with E-state index >= 15 is 0 Å². The van der Waals surface area contributed by atoms with Crippen LogP contribution in [0.4, 0.5) is 5.69 Å². The van der Waals surface area contributed by atoms with Crippen molar-refractivity contribution >= 4 is 43.2 Å². The van der Waals surface area contributed by atoms with Gasteiger partial charge in [0.05, 0.1) is 11.5 Å². The zero-order valence-electron chi connectivity index (χ0n) is 14.6. The van der Waals surface area contributed by atoms with Crippen LogP contribution in [0.1, 0.15) is 18.4 Å². The van der Waals surface area contributed by atoms with Crippen LogP contribution in [0.2, 0.25) is 5.02 Å². The Bertz CT molecular complexity index is 946. The van der Waals surface area contributed by atoms with Crippen molar-refractivity contribution in [2.45, 2.75) is 30.4 Å². The maximum absolute atomic E-state index is 12.9. The first kappa shape index (κ1) is 19.2. The molecule has 2 aromatic carbocycles. The maximum atomic E-state index is 12.9. The summed E-state index contributed by atoms with van der Waals surface area (Å²) in [6.07, 6.45) is 1.53.